The molecule has 1 aromatic rings. The van der Waals surface area contributed by atoms with E-state index in [-0.39, 0.29) is 18.3 Å². The van der Waals surface area contributed by atoms with Crippen LogP contribution in [-0.2, 0) is 9.31 Å². The van der Waals surface area contributed by atoms with E-state index in [1.54, 1.807) is 0 Å². The minimum atomic E-state index is -0.276. The predicted molar refractivity (Wildman–Crippen MR) is 88.6 cm³/mol. The fourth-order valence-electron chi connectivity index (χ4n) is 2.93. The normalized spacial score (nSPS) is 24.0. The van der Waals surface area contributed by atoms with E-state index < -0.39 is 0 Å². The maximum absolute atomic E-state index is 6.10. The van der Waals surface area contributed by atoms with E-state index in [0.717, 1.165) is 5.46 Å². The van der Waals surface area contributed by atoms with Crippen molar-refractivity contribution in [3.63, 3.8) is 0 Å². The summed E-state index contributed by atoms with van der Waals surface area (Å²) in [6.45, 7) is 8.37. The molecule has 1 heterocycles. The van der Waals surface area contributed by atoms with Gasteiger partial charge in [-0.3, -0.25) is 0 Å². The van der Waals surface area contributed by atoms with Gasteiger partial charge in [0.25, 0.3) is 0 Å². The van der Waals surface area contributed by atoms with Crippen molar-refractivity contribution >= 4 is 18.2 Å². The molecule has 0 spiro atoms. The summed E-state index contributed by atoms with van der Waals surface area (Å²) < 4.78 is 12.2. The molecule has 0 aromatic heterocycles. The van der Waals surface area contributed by atoms with E-state index in [2.05, 4.69) is 58.0 Å². The maximum Gasteiger partial charge on any atom is 0.494 e. The van der Waals surface area contributed by atoms with Gasteiger partial charge in [-0.05, 0) is 70.0 Å². The maximum atomic E-state index is 6.10. The third kappa shape index (κ3) is 2.82. The molecule has 0 atom stereocenters. The predicted octanol–water partition coefficient (Wildman–Crippen LogP) is 3.94. The summed E-state index contributed by atoms with van der Waals surface area (Å²) in [5.41, 5.74) is 3.38. The molecule has 0 saturated carbocycles. The highest BCUT2D eigenvalue weighted by molar-refractivity contribution is 6.62. The van der Waals surface area contributed by atoms with E-state index in [1.807, 2.05) is 0 Å². The zero-order valence-corrected chi connectivity index (χ0v) is 13.6. The molecule has 1 saturated heterocycles. The molecule has 1 aliphatic carbocycles. The summed E-state index contributed by atoms with van der Waals surface area (Å²) in [5, 5.41) is 0. The lowest BCUT2D eigenvalue weighted by atomic mass is 9.78. The minimum Gasteiger partial charge on any atom is -0.399 e. The summed E-state index contributed by atoms with van der Waals surface area (Å²) >= 11 is 0. The van der Waals surface area contributed by atoms with Crippen LogP contribution in [0.2, 0.25) is 0 Å². The van der Waals surface area contributed by atoms with Crippen molar-refractivity contribution in [2.45, 2.75) is 64.6 Å². The molecule has 2 nitrogen and oxygen atoms in total. The topological polar surface area (TPSA) is 18.5 Å². The van der Waals surface area contributed by atoms with Crippen molar-refractivity contribution in [3.05, 3.63) is 35.9 Å². The Morgan fingerprint density at radius 1 is 0.905 bits per heavy atom. The number of hydrogen-bond donors (Lipinski definition) is 0. The molecular weight excluding hydrogens is 259 g/mol. The summed E-state index contributed by atoms with van der Waals surface area (Å²) in [7, 11) is -0.260. The average molecular weight is 284 g/mol. The summed E-state index contributed by atoms with van der Waals surface area (Å²) in [4.78, 5) is 0. The first kappa shape index (κ1) is 14.9. The Hall–Kier alpha value is -1.06. The summed E-state index contributed by atoms with van der Waals surface area (Å²) in [5.74, 6) is 0. The lowest BCUT2D eigenvalue weighted by Gasteiger charge is -2.32. The van der Waals surface area contributed by atoms with Crippen LogP contribution in [0.4, 0.5) is 0 Å². The number of rotatable bonds is 2. The van der Waals surface area contributed by atoms with Gasteiger partial charge in [0.1, 0.15) is 0 Å². The highest BCUT2D eigenvalue weighted by Crippen LogP contribution is 2.36. The van der Waals surface area contributed by atoms with Crippen molar-refractivity contribution < 1.29 is 9.31 Å². The highest BCUT2D eigenvalue weighted by atomic mass is 16.7. The van der Waals surface area contributed by atoms with Crippen LogP contribution in [-0.4, -0.2) is 18.3 Å². The molecule has 0 bridgehead atoms. The molecule has 21 heavy (non-hydrogen) atoms. The molecule has 2 aliphatic rings. The van der Waals surface area contributed by atoms with Gasteiger partial charge in [0.15, 0.2) is 0 Å². The highest BCUT2D eigenvalue weighted by Gasteiger charge is 2.51. The molecule has 0 unspecified atom stereocenters. The second kappa shape index (κ2) is 5.29. The van der Waals surface area contributed by atoms with Gasteiger partial charge >= 0.3 is 7.12 Å². The second-order valence-corrected chi connectivity index (χ2v) is 7.19. The van der Waals surface area contributed by atoms with Gasteiger partial charge in [-0.15, -0.1) is 0 Å². The Bertz CT molecular complexity index is 527. The first-order chi connectivity index (χ1) is 9.89. The van der Waals surface area contributed by atoms with Crippen LogP contribution in [0.1, 0.15) is 58.9 Å². The molecule has 3 rings (SSSR count). The quantitative estimate of drug-likeness (QED) is 0.766. The number of allylic oxidation sites excluding steroid dienone is 2. The molecule has 1 aliphatic heterocycles. The Balaban J connectivity index is 1.78. The van der Waals surface area contributed by atoms with Crippen LogP contribution < -0.4 is 5.46 Å². The monoisotopic (exact) mass is 284 g/mol. The lowest BCUT2D eigenvalue weighted by molar-refractivity contribution is 0.00578. The van der Waals surface area contributed by atoms with Gasteiger partial charge < -0.3 is 9.31 Å². The Morgan fingerprint density at radius 2 is 1.52 bits per heavy atom. The van der Waals surface area contributed by atoms with Gasteiger partial charge in [0.2, 0.25) is 0 Å². The SMILES string of the molecule is CC1(C)OB(c2ccc(C3=CCCCC3)cc2)OC1(C)C. The number of hydrogen-bond acceptors (Lipinski definition) is 2. The summed E-state index contributed by atoms with van der Waals surface area (Å²) in [6, 6.07) is 8.70. The smallest absolute Gasteiger partial charge is 0.399 e. The first-order valence-corrected chi connectivity index (χ1v) is 8.04. The lowest BCUT2D eigenvalue weighted by Crippen LogP contribution is -2.41. The molecular formula is C18H25BO2. The zero-order valence-electron chi connectivity index (χ0n) is 13.6. The molecule has 112 valence electrons. The van der Waals surface area contributed by atoms with Crippen molar-refractivity contribution in [2.24, 2.45) is 0 Å². The van der Waals surface area contributed by atoms with Crippen molar-refractivity contribution in [1.82, 2.24) is 0 Å². The molecule has 1 fully saturated rings. The van der Waals surface area contributed by atoms with Crippen LogP contribution in [0.15, 0.2) is 30.3 Å². The Labute approximate surface area is 128 Å². The third-order valence-corrected chi connectivity index (χ3v) is 5.10. The molecule has 0 radical (unpaired) electrons. The van der Waals surface area contributed by atoms with E-state index >= 15 is 0 Å². The van der Waals surface area contributed by atoms with Crippen LogP contribution in [0.5, 0.6) is 0 Å². The van der Waals surface area contributed by atoms with E-state index in [0.29, 0.717) is 0 Å². The van der Waals surface area contributed by atoms with Crippen LogP contribution in [0.3, 0.4) is 0 Å². The summed E-state index contributed by atoms with van der Waals surface area (Å²) in [6.07, 6.45) is 7.44. The van der Waals surface area contributed by atoms with Crippen molar-refractivity contribution in [3.8, 4) is 0 Å². The fraction of sp³-hybridized carbons (Fsp3) is 0.556. The van der Waals surface area contributed by atoms with Gasteiger partial charge in [0.05, 0.1) is 11.2 Å². The van der Waals surface area contributed by atoms with Crippen molar-refractivity contribution in [2.75, 3.05) is 0 Å². The van der Waals surface area contributed by atoms with Crippen molar-refractivity contribution in [1.29, 1.82) is 0 Å². The van der Waals surface area contributed by atoms with E-state index in [1.165, 1.54) is 36.8 Å². The minimum absolute atomic E-state index is 0.260. The standard InChI is InChI=1S/C18H25BO2/c1-17(2)18(3,4)21-19(20-17)16-12-10-15(11-13-16)14-8-6-5-7-9-14/h8,10-13H,5-7,9H2,1-4H3. The second-order valence-electron chi connectivity index (χ2n) is 7.19. The van der Waals surface area contributed by atoms with E-state index in [9.17, 15) is 0 Å². The van der Waals surface area contributed by atoms with E-state index in [4.69, 9.17) is 9.31 Å². The largest absolute Gasteiger partial charge is 0.494 e. The molecule has 1 aromatic carbocycles. The van der Waals surface area contributed by atoms with Crippen LogP contribution >= 0.6 is 0 Å². The van der Waals surface area contributed by atoms with Gasteiger partial charge in [-0.1, -0.05) is 30.3 Å². The third-order valence-electron chi connectivity index (χ3n) is 5.10. The van der Waals surface area contributed by atoms with Crippen LogP contribution in [0.25, 0.3) is 5.57 Å². The van der Waals surface area contributed by atoms with Gasteiger partial charge in [-0.2, -0.15) is 0 Å². The molecule has 3 heteroatoms. The molecule has 0 amide bonds. The van der Waals surface area contributed by atoms with Gasteiger partial charge in [-0.25, -0.2) is 0 Å². The Morgan fingerprint density at radius 3 is 2.05 bits per heavy atom. The number of benzene rings is 1. The average Bonchev–Trinajstić information content (AvgIpc) is 2.69. The van der Waals surface area contributed by atoms with Gasteiger partial charge in [0, 0.05) is 0 Å². The van der Waals surface area contributed by atoms with Crippen LogP contribution in [0, 0.1) is 0 Å². The Kier molecular flexibility index (Phi) is 3.75. The first-order valence-electron chi connectivity index (χ1n) is 8.04. The zero-order chi connectivity index (χ0) is 15.1. The fourth-order valence-corrected chi connectivity index (χ4v) is 2.93. The molecule has 0 N–H and O–H groups in total.